The molecule has 5 nitrogen and oxygen atoms in total. The van der Waals surface area contributed by atoms with Gasteiger partial charge in [0, 0.05) is 42.6 Å². The molecule has 3 N–H and O–H groups in total. The van der Waals surface area contributed by atoms with Crippen LogP contribution < -0.4 is 10.6 Å². The highest BCUT2D eigenvalue weighted by molar-refractivity contribution is 8.00. The Hall–Kier alpha value is -1.24. The number of nitrogens with zero attached hydrogens (tertiary/aromatic N) is 1. The average Bonchev–Trinajstić information content (AvgIpc) is 3.05. The number of carbonyl (C=O) groups is 2. The monoisotopic (exact) mass is 396 g/mol. The van der Waals surface area contributed by atoms with Crippen molar-refractivity contribution >= 4 is 35.2 Å². The van der Waals surface area contributed by atoms with Gasteiger partial charge in [0.1, 0.15) is 4.87 Å². The van der Waals surface area contributed by atoms with Gasteiger partial charge >= 0.3 is 0 Å². The number of nitrogens with two attached hydrogens (primary N) is 1. The SMILES string of the molecule is CC[C@H](C)NC(=O)[C@@H]1CSC2(CCN(C(=O)c3cccc(Cl)c3)CC2)[NH2+]1. The van der Waals surface area contributed by atoms with Gasteiger partial charge in [-0.25, -0.2) is 0 Å². The maximum absolute atomic E-state index is 12.7. The van der Waals surface area contributed by atoms with Crippen molar-refractivity contribution in [1.29, 1.82) is 0 Å². The normalized spacial score (nSPS) is 23.0. The molecule has 0 bridgehead atoms. The number of likely N-dealkylation sites (tertiary alicyclic amines) is 1. The number of quaternary nitrogens is 1. The first-order chi connectivity index (χ1) is 12.4. The van der Waals surface area contributed by atoms with E-state index < -0.39 is 0 Å². The topological polar surface area (TPSA) is 66.0 Å². The summed E-state index contributed by atoms with van der Waals surface area (Å²) >= 11 is 7.87. The Bertz CT molecular complexity index is 677. The van der Waals surface area contributed by atoms with Gasteiger partial charge in [0.05, 0.1) is 5.75 Å². The molecule has 1 spiro atoms. The largest absolute Gasteiger partial charge is 0.348 e. The van der Waals surface area contributed by atoms with Crippen LogP contribution in [0.25, 0.3) is 0 Å². The number of halogens is 1. The Labute approximate surface area is 164 Å². The molecular weight excluding hydrogens is 370 g/mol. The molecule has 2 saturated heterocycles. The molecule has 2 aliphatic rings. The minimum atomic E-state index is -0.0239. The molecule has 1 aromatic rings. The quantitative estimate of drug-likeness (QED) is 0.816. The van der Waals surface area contributed by atoms with Gasteiger partial charge in [-0.15, -0.1) is 0 Å². The van der Waals surface area contributed by atoms with E-state index >= 15 is 0 Å². The second kappa shape index (κ2) is 8.19. The van der Waals surface area contributed by atoms with E-state index in [1.807, 2.05) is 35.7 Å². The number of thioether (sulfide) groups is 1. The zero-order chi connectivity index (χ0) is 18.7. The third-order valence-electron chi connectivity index (χ3n) is 5.36. The minimum Gasteiger partial charge on any atom is -0.348 e. The summed E-state index contributed by atoms with van der Waals surface area (Å²) in [6.45, 7) is 5.55. The van der Waals surface area contributed by atoms with Crippen LogP contribution in [-0.4, -0.2) is 52.5 Å². The minimum absolute atomic E-state index is 0.0239. The van der Waals surface area contributed by atoms with Gasteiger partial charge in [0.15, 0.2) is 6.04 Å². The van der Waals surface area contributed by atoms with E-state index in [4.69, 9.17) is 11.6 Å². The summed E-state index contributed by atoms with van der Waals surface area (Å²) < 4.78 is 0. The maximum Gasteiger partial charge on any atom is 0.279 e. The molecule has 0 aliphatic carbocycles. The van der Waals surface area contributed by atoms with Crippen molar-refractivity contribution in [1.82, 2.24) is 10.2 Å². The highest BCUT2D eigenvalue weighted by Gasteiger charge is 2.48. The summed E-state index contributed by atoms with van der Waals surface area (Å²) in [5.41, 5.74) is 0.641. The molecule has 7 heteroatoms. The van der Waals surface area contributed by atoms with Gasteiger partial charge in [0.25, 0.3) is 11.8 Å². The molecule has 142 valence electrons. The number of piperidine rings is 1. The molecule has 2 aliphatic heterocycles. The van der Waals surface area contributed by atoms with E-state index in [0.29, 0.717) is 23.7 Å². The lowest BCUT2D eigenvalue weighted by molar-refractivity contribution is -0.714. The van der Waals surface area contributed by atoms with Crippen LogP contribution in [0.3, 0.4) is 0 Å². The van der Waals surface area contributed by atoms with Gasteiger partial charge in [-0.2, -0.15) is 0 Å². The molecule has 0 unspecified atom stereocenters. The van der Waals surface area contributed by atoms with Crippen molar-refractivity contribution in [3.05, 3.63) is 34.9 Å². The fourth-order valence-corrected chi connectivity index (χ4v) is 5.21. The first-order valence-electron chi connectivity index (χ1n) is 9.27. The second-order valence-corrected chi connectivity index (χ2v) is 9.14. The van der Waals surface area contributed by atoms with Gasteiger partial charge in [-0.05, 0) is 31.5 Å². The number of carbonyl (C=O) groups excluding carboxylic acids is 2. The van der Waals surface area contributed by atoms with E-state index in [1.165, 1.54) is 0 Å². The van der Waals surface area contributed by atoms with Crippen molar-refractivity contribution in [2.75, 3.05) is 18.8 Å². The van der Waals surface area contributed by atoms with Crippen molar-refractivity contribution < 1.29 is 14.9 Å². The predicted octanol–water partition coefficient (Wildman–Crippen LogP) is 1.87. The van der Waals surface area contributed by atoms with E-state index in [2.05, 4.69) is 17.6 Å². The van der Waals surface area contributed by atoms with Crippen molar-refractivity contribution in [3.8, 4) is 0 Å². The van der Waals surface area contributed by atoms with Crippen molar-refractivity contribution in [2.24, 2.45) is 0 Å². The molecule has 0 saturated carbocycles. The number of rotatable bonds is 4. The first kappa shape index (κ1) is 19.5. The second-order valence-electron chi connectivity index (χ2n) is 7.27. The number of hydrogen-bond acceptors (Lipinski definition) is 3. The van der Waals surface area contributed by atoms with Crippen LogP contribution in [-0.2, 0) is 4.79 Å². The molecule has 2 amide bonds. The molecule has 2 fully saturated rings. The maximum atomic E-state index is 12.7. The summed E-state index contributed by atoms with van der Waals surface area (Å²) in [4.78, 5) is 27.0. The Morgan fingerprint density at radius 1 is 1.42 bits per heavy atom. The zero-order valence-electron chi connectivity index (χ0n) is 15.3. The number of nitrogens with one attached hydrogen (secondary N) is 1. The summed E-state index contributed by atoms with van der Waals surface area (Å²) in [5, 5.41) is 5.90. The van der Waals surface area contributed by atoms with Gasteiger partial charge in [-0.3, -0.25) is 9.59 Å². The number of hydrogen-bond donors (Lipinski definition) is 2. The third-order valence-corrected chi connectivity index (χ3v) is 7.24. The van der Waals surface area contributed by atoms with Crippen LogP contribution in [0.1, 0.15) is 43.5 Å². The Morgan fingerprint density at radius 2 is 2.15 bits per heavy atom. The Balaban J connectivity index is 1.55. The molecule has 1 aromatic carbocycles. The fourth-order valence-electron chi connectivity index (χ4n) is 3.53. The number of amides is 2. The van der Waals surface area contributed by atoms with E-state index in [0.717, 1.165) is 25.0 Å². The van der Waals surface area contributed by atoms with Gasteiger partial charge in [-0.1, -0.05) is 36.4 Å². The molecule has 0 aromatic heterocycles. The van der Waals surface area contributed by atoms with Gasteiger partial charge in [0.2, 0.25) is 0 Å². The van der Waals surface area contributed by atoms with E-state index in [-0.39, 0.29) is 28.8 Å². The molecular formula is C19H27ClN3O2S+. The van der Waals surface area contributed by atoms with Crippen molar-refractivity contribution in [2.45, 2.75) is 50.1 Å². The van der Waals surface area contributed by atoms with Gasteiger partial charge < -0.3 is 15.5 Å². The first-order valence-corrected chi connectivity index (χ1v) is 10.6. The van der Waals surface area contributed by atoms with E-state index in [1.54, 1.807) is 12.1 Å². The summed E-state index contributed by atoms with van der Waals surface area (Å²) in [6, 6.07) is 7.31. The fraction of sp³-hybridized carbons (Fsp3) is 0.579. The van der Waals surface area contributed by atoms with Crippen LogP contribution in [0.4, 0.5) is 0 Å². The van der Waals surface area contributed by atoms with Crippen LogP contribution >= 0.6 is 23.4 Å². The average molecular weight is 397 g/mol. The molecule has 2 heterocycles. The lowest BCUT2D eigenvalue weighted by Gasteiger charge is -2.36. The third kappa shape index (κ3) is 4.35. The zero-order valence-corrected chi connectivity index (χ0v) is 16.9. The standard InChI is InChI=1S/C19H26ClN3O2S/c1-3-13(2)21-17(24)16-12-26-19(22-16)7-9-23(10-8-19)18(25)14-5-4-6-15(20)11-14/h4-6,11,13,16,22H,3,7-10,12H2,1-2H3,(H,21,24)/p+1/t13-,16-/m0/s1. The highest BCUT2D eigenvalue weighted by atomic mass is 35.5. The molecule has 3 rings (SSSR count). The lowest BCUT2D eigenvalue weighted by atomic mass is 10.0. The summed E-state index contributed by atoms with van der Waals surface area (Å²) in [7, 11) is 0. The number of benzene rings is 1. The summed E-state index contributed by atoms with van der Waals surface area (Å²) in [5.74, 6) is 1.02. The smallest absolute Gasteiger partial charge is 0.279 e. The van der Waals surface area contributed by atoms with Crippen LogP contribution in [0, 0.1) is 0 Å². The highest BCUT2D eigenvalue weighted by Crippen LogP contribution is 2.34. The van der Waals surface area contributed by atoms with Crippen molar-refractivity contribution in [3.63, 3.8) is 0 Å². The Morgan fingerprint density at radius 3 is 2.81 bits per heavy atom. The van der Waals surface area contributed by atoms with Crippen LogP contribution in [0.5, 0.6) is 0 Å². The predicted molar refractivity (Wildman–Crippen MR) is 105 cm³/mol. The lowest BCUT2D eigenvalue weighted by Crippen LogP contribution is -3.00. The summed E-state index contributed by atoms with van der Waals surface area (Å²) in [6.07, 6.45) is 2.74. The van der Waals surface area contributed by atoms with Crippen LogP contribution in [0.15, 0.2) is 24.3 Å². The molecule has 26 heavy (non-hydrogen) atoms. The Kier molecular flexibility index (Phi) is 6.15. The van der Waals surface area contributed by atoms with E-state index in [9.17, 15) is 9.59 Å². The molecule has 0 radical (unpaired) electrons. The molecule has 2 atom stereocenters. The van der Waals surface area contributed by atoms with Crippen LogP contribution in [0.2, 0.25) is 5.02 Å².